The van der Waals surface area contributed by atoms with Crippen LogP contribution in [0.4, 0.5) is 0 Å². The molecule has 1 aliphatic carbocycles. The maximum atomic E-state index is 5.34. The molecular weight excluding hydrogens is 112 g/mol. The minimum Gasteiger partial charge on any atom is -0.486 e. The Hall–Kier alpha value is -0.980. The van der Waals surface area contributed by atoms with Crippen molar-refractivity contribution in [1.82, 2.24) is 0 Å². The van der Waals surface area contributed by atoms with E-state index in [9.17, 15) is 0 Å². The predicted molar refractivity (Wildman–Crippen MR) is 34.5 cm³/mol. The maximum Gasteiger partial charge on any atom is 0.142 e. The van der Waals surface area contributed by atoms with E-state index in [1.807, 2.05) is 25.2 Å². The Morgan fingerprint density at radius 1 is 1.67 bits per heavy atom. The lowest BCUT2D eigenvalue weighted by Gasteiger charge is -2.02. The first-order chi connectivity index (χ1) is 4.36. The Bertz CT molecular complexity index is 218. The highest BCUT2D eigenvalue weighted by Gasteiger charge is 2.20. The highest BCUT2D eigenvalue weighted by atomic mass is 16.5. The van der Waals surface area contributed by atoms with E-state index < -0.39 is 0 Å². The lowest BCUT2D eigenvalue weighted by molar-refractivity contribution is 0.208. The molecule has 0 aromatic rings. The van der Waals surface area contributed by atoms with Gasteiger partial charge in [0, 0.05) is 11.6 Å². The van der Waals surface area contributed by atoms with Crippen molar-refractivity contribution in [2.24, 2.45) is 0 Å². The zero-order valence-electron chi connectivity index (χ0n) is 5.22. The maximum absolute atomic E-state index is 5.34. The number of hydrogen-bond acceptors (Lipinski definition) is 1. The summed E-state index contributed by atoms with van der Waals surface area (Å²) in [4.78, 5) is 0. The van der Waals surface area contributed by atoms with Crippen LogP contribution in [0.2, 0.25) is 0 Å². The van der Waals surface area contributed by atoms with Crippen molar-refractivity contribution < 1.29 is 4.74 Å². The van der Waals surface area contributed by atoms with Crippen molar-refractivity contribution in [3.63, 3.8) is 0 Å². The van der Waals surface area contributed by atoms with Gasteiger partial charge >= 0.3 is 0 Å². The lowest BCUT2D eigenvalue weighted by atomic mass is 10.2. The molecule has 0 N–H and O–H groups in total. The Balaban J connectivity index is 2.35. The first-order valence-electron chi connectivity index (χ1n) is 3.02. The standard InChI is InChI=1S/C8H7O/c1-6-5-7-3-2-4-8(7)9-6/h2-4,8H,1H3. The van der Waals surface area contributed by atoms with Crippen molar-refractivity contribution >= 4 is 0 Å². The molecule has 1 nitrogen and oxygen atoms in total. The summed E-state index contributed by atoms with van der Waals surface area (Å²) in [6.07, 6.45) is 9.35. The van der Waals surface area contributed by atoms with Gasteiger partial charge in [-0.25, -0.2) is 0 Å². The molecule has 0 amide bonds. The topological polar surface area (TPSA) is 9.23 Å². The van der Waals surface area contributed by atoms with Gasteiger partial charge in [0.15, 0.2) is 0 Å². The third-order valence-corrected chi connectivity index (χ3v) is 1.49. The van der Waals surface area contributed by atoms with Gasteiger partial charge < -0.3 is 4.74 Å². The predicted octanol–water partition coefficient (Wildman–Crippen LogP) is 1.59. The second-order valence-corrected chi connectivity index (χ2v) is 2.23. The SMILES string of the molecule is CC1=[C]C2=CC=CC2O1. The van der Waals surface area contributed by atoms with Crippen LogP contribution in [0, 0.1) is 6.08 Å². The van der Waals surface area contributed by atoms with Crippen LogP contribution in [0.1, 0.15) is 6.92 Å². The molecule has 45 valence electrons. The molecule has 1 unspecified atom stereocenters. The van der Waals surface area contributed by atoms with Gasteiger partial charge in [-0.15, -0.1) is 0 Å². The Kier molecular flexibility index (Phi) is 0.810. The van der Waals surface area contributed by atoms with Gasteiger partial charge in [-0.05, 0) is 13.0 Å². The molecule has 0 aromatic carbocycles. The minimum absolute atomic E-state index is 0.185. The van der Waals surface area contributed by atoms with Crippen molar-refractivity contribution in [2.45, 2.75) is 13.0 Å². The fourth-order valence-electron chi connectivity index (χ4n) is 1.10. The highest BCUT2D eigenvalue weighted by molar-refractivity contribution is 5.38. The molecule has 9 heavy (non-hydrogen) atoms. The van der Waals surface area contributed by atoms with Crippen LogP contribution < -0.4 is 0 Å². The van der Waals surface area contributed by atoms with E-state index in [-0.39, 0.29) is 6.10 Å². The Labute approximate surface area is 54.3 Å². The van der Waals surface area contributed by atoms with Crippen LogP contribution in [0.15, 0.2) is 29.6 Å². The van der Waals surface area contributed by atoms with Crippen molar-refractivity contribution in [2.75, 3.05) is 0 Å². The third-order valence-electron chi connectivity index (χ3n) is 1.49. The van der Waals surface area contributed by atoms with E-state index in [2.05, 4.69) is 6.08 Å². The summed E-state index contributed by atoms with van der Waals surface area (Å²) < 4.78 is 5.34. The summed E-state index contributed by atoms with van der Waals surface area (Å²) in [5.41, 5.74) is 1.16. The van der Waals surface area contributed by atoms with E-state index in [1.54, 1.807) is 0 Å². The van der Waals surface area contributed by atoms with E-state index in [1.165, 1.54) is 0 Å². The number of fused-ring (bicyclic) bond motifs is 1. The molecule has 1 aliphatic heterocycles. The van der Waals surface area contributed by atoms with Crippen LogP contribution in [-0.2, 0) is 4.74 Å². The Morgan fingerprint density at radius 3 is 3.33 bits per heavy atom. The smallest absolute Gasteiger partial charge is 0.142 e. The van der Waals surface area contributed by atoms with E-state index >= 15 is 0 Å². The molecule has 2 rings (SSSR count). The van der Waals surface area contributed by atoms with Gasteiger partial charge in [-0.3, -0.25) is 0 Å². The molecule has 0 bridgehead atoms. The quantitative estimate of drug-likeness (QED) is 0.470. The van der Waals surface area contributed by atoms with Crippen molar-refractivity contribution in [3.8, 4) is 0 Å². The molecule has 0 aromatic heterocycles. The molecule has 1 radical (unpaired) electrons. The van der Waals surface area contributed by atoms with E-state index in [4.69, 9.17) is 4.74 Å². The molecule has 0 saturated carbocycles. The molecule has 0 spiro atoms. The molecule has 1 heteroatoms. The summed E-state index contributed by atoms with van der Waals surface area (Å²) in [6, 6.07) is 0. The van der Waals surface area contributed by atoms with Crippen LogP contribution in [-0.4, -0.2) is 6.10 Å². The van der Waals surface area contributed by atoms with E-state index in [0.717, 1.165) is 11.3 Å². The van der Waals surface area contributed by atoms with Crippen LogP contribution >= 0.6 is 0 Å². The number of allylic oxidation sites excluding steroid dienone is 3. The average Bonchev–Trinajstić information content (AvgIpc) is 2.22. The lowest BCUT2D eigenvalue weighted by Crippen LogP contribution is -1.99. The second-order valence-electron chi connectivity index (χ2n) is 2.23. The van der Waals surface area contributed by atoms with Gasteiger partial charge in [-0.1, -0.05) is 12.2 Å². The zero-order chi connectivity index (χ0) is 6.27. The summed E-state index contributed by atoms with van der Waals surface area (Å²) in [6.45, 7) is 1.92. The molecule has 0 fully saturated rings. The van der Waals surface area contributed by atoms with Gasteiger partial charge in [0.25, 0.3) is 0 Å². The normalized spacial score (nSPS) is 29.2. The van der Waals surface area contributed by atoms with Gasteiger partial charge in [0.05, 0.1) is 0 Å². The van der Waals surface area contributed by atoms with Gasteiger partial charge in [0.2, 0.25) is 0 Å². The van der Waals surface area contributed by atoms with Gasteiger partial charge in [0.1, 0.15) is 11.9 Å². The number of ether oxygens (including phenoxy) is 1. The molecule has 0 saturated heterocycles. The summed E-state index contributed by atoms with van der Waals surface area (Å²) in [7, 11) is 0. The number of rotatable bonds is 0. The summed E-state index contributed by atoms with van der Waals surface area (Å²) >= 11 is 0. The highest BCUT2D eigenvalue weighted by Crippen LogP contribution is 2.25. The molecular formula is C8H7O. The largest absolute Gasteiger partial charge is 0.486 e. The minimum atomic E-state index is 0.185. The third kappa shape index (κ3) is 0.611. The fourth-order valence-corrected chi connectivity index (χ4v) is 1.10. The van der Waals surface area contributed by atoms with Crippen LogP contribution in [0.25, 0.3) is 0 Å². The first-order valence-corrected chi connectivity index (χ1v) is 3.02. The fraction of sp³-hybridized carbons (Fsp3) is 0.250. The van der Waals surface area contributed by atoms with E-state index in [0.29, 0.717) is 0 Å². The van der Waals surface area contributed by atoms with Crippen molar-refractivity contribution in [1.29, 1.82) is 0 Å². The van der Waals surface area contributed by atoms with Crippen molar-refractivity contribution in [3.05, 3.63) is 35.6 Å². The molecule has 1 atom stereocenters. The van der Waals surface area contributed by atoms with Crippen LogP contribution in [0.5, 0.6) is 0 Å². The first kappa shape index (κ1) is 4.86. The zero-order valence-corrected chi connectivity index (χ0v) is 5.22. The van der Waals surface area contributed by atoms with Crippen LogP contribution in [0.3, 0.4) is 0 Å². The number of hydrogen-bond donors (Lipinski definition) is 0. The average molecular weight is 119 g/mol. The molecule has 2 aliphatic rings. The molecule has 1 heterocycles. The van der Waals surface area contributed by atoms with Gasteiger partial charge in [-0.2, -0.15) is 0 Å². The summed E-state index contributed by atoms with van der Waals surface area (Å²) in [5, 5.41) is 0. The second kappa shape index (κ2) is 1.50. The Morgan fingerprint density at radius 2 is 2.56 bits per heavy atom. The monoisotopic (exact) mass is 119 g/mol. The summed E-state index contributed by atoms with van der Waals surface area (Å²) in [5.74, 6) is 0.899.